The lowest BCUT2D eigenvalue weighted by Gasteiger charge is -2.17. The Kier molecular flexibility index (Phi) is 2.88. The predicted molar refractivity (Wildman–Crippen MR) is 40.5 cm³/mol. The molecule has 0 aromatic carbocycles. The molecule has 1 atom stereocenters. The van der Waals surface area contributed by atoms with E-state index in [4.69, 9.17) is 0 Å². The quantitative estimate of drug-likeness (QED) is 0.461. The Balaban J connectivity index is 2.41. The molecule has 0 radical (unpaired) electrons. The lowest BCUT2D eigenvalue weighted by Crippen LogP contribution is -2.37. The van der Waals surface area contributed by atoms with Crippen LogP contribution in [0.5, 0.6) is 0 Å². The summed E-state index contributed by atoms with van der Waals surface area (Å²) in [5, 5.41) is 8.99. The summed E-state index contributed by atoms with van der Waals surface area (Å²) in [5.74, 6) is 0. The van der Waals surface area contributed by atoms with Crippen LogP contribution in [0.4, 0.5) is 4.79 Å². The molecule has 7 heteroatoms. The van der Waals surface area contributed by atoms with Gasteiger partial charge in [-0.3, -0.25) is 0 Å². The third-order valence-corrected chi connectivity index (χ3v) is 1.79. The molecule has 1 heterocycles. The van der Waals surface area contributed by atoms with E-state index >= 15 is 0 Å². The van der Waals surface area contributed by atoms with Crippen molar-refractivity contribution in [2.45, 2.75) is 13.0 Å². The largest absolute Gasteiger partial charge is 0.447 e. The van der Waals surface area contributed by atoms with Crippen LogP contribution in [0.1, 0.15) is 6.92 Å². The molecule has 1 saturated heterocycles. The van der Waals surface area contributed by atoms with Crippen LogP contribution >= 0.6 is 0 Å². The Bertz CT molecular complexity index is 219. The molecule has 0 N–H and O–H groups in total. The monoisotopic (exact) mass is 190 g/mol. The van der Waals surface area contributed by atoms with E-state index in [1.165, 1.54) is 4.90 Å². The van der Waals surface area contributed by atoms with Gasteiger partial charge in [-0.1, -0.05) is 0 Å². The molecule has 1 amide bonds. The second-order valence-corrected chi connectivity index (χ2v) is 2.54. The minimum absolute atomic E-state index is 0.132. The van der Waals surface area contributed by atoms with Crippen LogP contribution in [0.3, 0.4) is 0 Å². The Hall–Kier alpha value is -1.53. The van der Waals surface area contributed by atoms with Crippen molar-refractivity contribution in [1.29, 1.82) is 0 Å². The van der Waals surface area contributed by atoms with Crippen molar-refractivity contribution >= 4 is 6.09 Å². The van der Waals surface area contributed by atoms with Crippen molar-refractivity contribution < 1.29 is 19.5 Å². The molecule has 0 saturated carbocycles. The van der Waals surface area contributed by atoms with Crippen molar-refractivity contribution in [3.63, 3.8) is 0 Å². The molecular formula is C6H10N2O5. The first-order chi connectivity index (χ1) is 6.15. The number of cyclic esters (lactones) is 1. The number of likely N-dealkylation sites (N-methyl/N-ethyl adjacent to an activating group) is 1. The molecule has 1 fully saturated rings. The SMILES string of the molecule is CCN1C(=O)OCC1CO[N+](=O)[O-]. The number of ether oxygens (including phenoxy) is 1. The first-order valence-corrected chi connectivity index (χ1v) is 3.85. The molecule has 7 nitrogen and oxygen atoms in total. The summed E-state index contributed by atoms with van der Waals surface area (Å²) in [5.41, 5.74) is 0. The number of hydrogen-bond donors (Lipinski definition) is 0. The smallest absolute Gasteiger partial charge is 0.410 e. The summed E-state index contributed by atoms with van der Waals surface area (Å²) in [7, 11) is 0. The van der Waals surface area contributed by atoms with Crippen LogP contribution in [-0.4, -0.2) is 41.9 Å². The predicted octanol–water partition coefficient (Wildman–Crippen LogP) is 0.0354. The van der Waals surface area contributed by atoms with Gasteiger partial charge in [0.2, 0.25) is 0 Å². The van der Waals surface area contributed by atoms with Crippen LogP contribution in [0.25, 0.3) is 0 Å². The summed E-state index contributed by atoms with van der Waals surface area (Å²) in [6.07, 6.45) is -0.445. The molecular weight excluding hydrogens is 180 g/mol. The van der Waals surface area contributed by atoms with E-state index in [2.05, 4.69) is 9.57 Å². The van der Waals surface area contributed by atoms with E-state index in [1.807, 2.05) is 0 Å². The highest BCUT2D eigenvalue weighted by Gasteiger charge is 2.32. The van der Waals surface area contributed by atoms with Crippen LogP contribution in [0, 0.1) is 10.1 Å². The van der Waals surface area contributed by atoms with Gasteiger partial charge in [-0.25, -0.2) is 4.79 Å². The van der Waals surface area contributed by atoms with E-state index in [-0.39, 0.29) is 19.3 Å². The van der Waals surface area contributed by atoms with Crippen molar-refractivity contribution in [2.75, 3.05) is 19.8 Å². The zero-order valence-corrected chi connectivity index (χ0v) is 7.13. The summed E-state index contributed by atoms with van der Waals surface area (Å²) < 4.78 is 4.69. The Labute approximate surface area is 74.3 Å². The number of amides is 1. The summed E-state index contributed by atoms with van der Waals surface area (Å²) in [6.45, 7) is 2.25. The summed E-state index contributed by atoms with van der Waals surface area (Å²) in [6, 6.07) is -0.345. The number of carbonyl (C=O) groups excluding carboxylic acids is 1. The molecule has 1 rings (SSSR count). The van der Waals surface area contributed by atoms with Gasteiger partial charge in [-0.05, 0) is 6.92 Å². The highest BCUT2D eigenvalue weighted by molar-refractivity contribution is 5.69. The van der Waals surface area contributed by atoms with Gasteiger partial charge in [0, 0.05) is 6.54 Å². The van der Waals surface area contributed by atoms with Gasteiger partial charge in [-0.15, -0.1) is 10.1 Å². The molecule has 0 spiro atoms. The number of hydrogen-bond acceptors (Lipinski definition) is 5. The lowest BCUT2D eigenvalue weighted by molar-refractivity contribution is -0.758. The number of rotatable bonds is 4. The maximum absolute atomic E-state index is 10.9. The zero-order chi connectivity index (χ0) is 9.84. The molecule has 0 aromatic heterocycles. The van der Waals surface area contributed by atoms with E-state index < -0.39 is 11.2 Å². The molecule has 1 aliphatic heterocycles. The molecule has 0 aromatic rings. The molecule has 0 aliphatic carbocycles. The fourth-order valence-electron chi connectivity index (χ4n) is 1.16. The molecule has 1 unspecified atom stereocenters. The van der Waals surface area contributed by atoms with Gasteiger partial charge >= 0.3 is 6.09 Å². The summed E-state index contributed by atoms with van der Waals surface area (Å²) in [4.78, 5) is 26.4. The van der Waals surface area contributed by atoms with E-state index in [1.54, 1.807) is 6.92 Å². The Morgan fingerprint density at radius 2 is 2.54 bits per heavy atom. The third kappa shape index (κ3) is 2.20. The fraction of sp³-hybridized carbons (Fsp3) is 0.833. The average molecular weight is 190 g/mol. The second-order valence-electron chi connectivity index (χ2n) is 2.54. The molecule has 74 valence electrons. The minimum Gasteiger partial charge on any atom is -0.447 e. The molecule has 1 aliphatic rings. The highest BCUT2D eigenvalue weighted by Crippen LogP contribution is 2.11. The van der Waals surface area contributed by atoms with Crippen LogP contribution in [0.2, 0.25) is 0 Å². The maximum atomic E-state index is 10.9. The van der Waals surface area contributed by atoms with Crippen molar-refractivity contribution in [3.8, 4) is 0 Å². The van der Waals surface area contributed by atoms with Gasteiger partial charge in [-0.2, -0.15) is 0 Å². The second kappa shape index (κ2) is 3.92. The van der Waals surface area contributed by atoms with Gasteiger partial charge in [0.1, 0.15) is 13.2 Å². The van der Waals surface area contributed by atoms with Crippen molar-refractivity contribution in [3.05, 3.63) is 10.1 Å². The zero-order valence-electron chi connectivity index (χ0n) is 7.13. The third-order valence-electron chi connectivity index (χ3n) is 1.79. The molecule has 13 heavy (non-hydrogen) atoms. The van der Waals surface area contributed by atoms with E-state index in [9.17, 15) is 14.9 Å². The van der Waals surface area contributed by atoms with Gasteiger partial charge in [0.25, 0.3) is 5.09 Å². The summed E-state index contributed by atoms with van der Waals surface area (Å²) >= 11 is 0. The maximum Gasteiger partial charge on any atom is 0.410 e. The fourth-order valence-corrected chi connectivity index (χ4v) is 1.16. The van der Waals surface area contributed by atoms with Gasteiger partial charge in [0.15, 0.2) is 0 Å². The Morgan fingerprint density at radius 3 is 3.08 bits per heavy atom. The number of carbonyl (C=O) groups is 1. The first kappa shape index (κ1) is 9.56. The molecule has 0 bridgehead atoms. The number of nitrogens with zero attached hydrogens (tertiary/aromatic N) is 2. The van der Waals surface area contributed by atoms with Crippen LogP contribution in [0.15, 0.2) is 0 Å². The normalized spacial score (nSPS) is 21.5. The minimum atomic E-state index is -0.878. The van der Waals surface area contributed by atoms with Crippen molar-refractivity contribution in [1.82, 2.24) is 4.90 Å². The lowest BCUT2D eigenvalue weighted by atomic mass is 10.3. The first-order valence-electron chi connectivity index (χ1n) is 3.85. The van der Waals surface area contributed by atoms with Crippen LogP contribution < -0.4 is 0 Å². The topological polar surface area (TPSA) is 81.9 Å². The van der Waals surface area contributed by atoms with E-state index in [0.29, 0.717) is 6.54 Å². The standard InChI is InChI=1S/C6H10N2O5/c1-2-7-5(3-12-6(7)9)4-13-8(10)11/h5H,2-4H2,1H3. The van der Waals surface area contributed by atoms with Gasteiger partial charge in [0.05, 0.1) is 6.04 Å². The van der Waals surface area contributed by atoms with Crippen molar-refractivity contribution in [2.24, 2.45) is 0 Å². The average Bonchev–Trinajstić information content (AvgIpc) is 2.42. The highest BCUT2D eigenvalue weighted by atomic mass is 16.9. The Morgan fingerprint density at radius 1 is 1.85 bits per heavy atom. The van der Waals surface area contributed by atoms with Gasteiger partial charge < -0.3 is 14.5 Å². The van der Waals surface area contributed by atoms with E-state index in [0.717, 1.165) is 0 Å². The van der Waals surface area contributed by atoms with Crippen LogP contribution in [-0.2, 0) is 9.57 Å².